The molecule has 0 saturated heterocycles. The van der Waals surface area contributed by atoms with Crippen molar-refractivity contribution in [3.8, 4) is 16.9 Å². The summed E-state index contributed by atoms with van der Waals surface area (Å²) in [6.07, 6.45) is -4.84. The van der Waals surface area contributed by atoms with Crippen LogP contribution < -0.4 is 10.1 Å². The van der Waals surface area contributed by atoms with Gasteiger partial charge in [0.25, 0.3) is 11.7 Å². The van der Waals surface area contributed by atoms with Gasteiger partial charge in [-0.05, 0) is 12.1 Å². The highest BCUT2D eigenvalue weighted by atomic mass is 19.4. The van der Waals surface area contributed by atoms with Gasteiger partial charge in [0.2, 0.25) is 0 Å². The molecule has 1 amide bonds. The van der Waals surface area contributed by atoms with Crippen LogP contribution in [-0.2, 0) is 4.79 Å². The molecule has 0 radical (unpaired) electrons. The van der Waals surface area contributed by atoms with Crippen LogP contribution in [0.3, 0.4) is 0 Å². The van der Waals surface area contributed by atoms with Crippen molar-refractivity contribution in [3.63, 3.8) is 0 Å². The molecule has 0 fully saturated rings. The Morgan fingerprint density at radius 1 is 0.864 bits per heavy atom. The molecule has 4 nitrogen and oxygen atoms in total. The number of hydrogen-bond acceptors (Lipinski definition) is 3. The molecular weight excluding hydrogens is 299 g/mol. The number of nitrogens with one attached hydrogen (secondary N) is 1. The van der Waals surface area contributed by atoms with Crippen LogP contribution >= 0.6 is 0 Å². The number of fused-ring (bicyclic) bond motifs is 1. The topological polar surface area (TPSA) is 55.4 Å². The van der Waals surface area contributed by atoms with Crippen molar-refractivity contribution in [2.75, 3.05) is 5.32 Å². The number of ketones is 1. The zero-order valence-electron chi connectivity index (χ0n) is 10.9. The maximum atomic E-state index is 12.5. The zero-order chi connectivity index (χ0) is 15.9. The Hall–Kier alpha value is -2.83. The van der Waals surface area contributed by atoms with E-state index < -0.39 is 23.8 Å². The number of ether oxygens (including phenoxy) is 1. The molecule has 2 aromatic rings. The van der Waals surface area contributed by atoms with Crippen LogP contribution in [0.4, 0.5) is 18.9 Å². The molecule has 2 aromatic carbocycles. The summed E-state index contributed by atoms with van der Waals surface area (Å²) in [7, 11) is 0. The molecule has 7 heteroatoms. The largest absolute Gasteiger partial charge is 0.573 e. The molecule has 0 saturated carbocycles. The number of carbonyl (C=O) groups excluding carboxylic acids is 2. The monoisotopic (exact) mass is 307 g/mol. The van der Waals surface area contributed by atoms with Crippen molar-refractivity contribution in [2.24, 2.45) is 0 Å². The van der Waals surface area contributed by atoms with Crippen molar-refractivity contribution in [3.05, 3.63) is 48.0 Å². The lowest BCUT2D eigenvalue weighted by molar-refractivity contribution is -0.274. The highest BCUT2D eigenvalue weighted by molar-refractivity contribution is 6.52. The summed E-state index contributed by atoms with van der Waals surface area (Å²) in [4.78, 5) is 23.1. The third-order valence-corrected chi connectivity index (χ3v) is 3.16. The van der Waals surface area contributed by atoms with Gasteiger partial charge in [0, 0.05) is 11.1 Å². The number of anilines is 1. The molecule has 0 atom stereocenters. The van der Waals surface area contributed by atoms with Crippen molar-refractivity contribution >= 4 is 17.4 Å². The van der Waals surface area contributed by atoms with Crippen LogP contribution in [0.5, 0.6) is 5.75 Å². The van der Waals surface area contributed by atoms with E-state index in [2.05, 4.69) is 10.1 Å². The van der Waals surface area contributed by atoms with Gasteiger partial charge < -0.3 is 10.1 Å². The molecule has 0 bridgehead atoms. The number of hydrogen-bond donors (Lipinski definition) is 1. The van der Waals surface area contributed by atoms with Gasteiger partial charge in [-0.25, -0.2) is 0 Å². The standard InChI is InChI=1S/C15H8F3NO3/c16-15(17,18)22-11-7-2-1-4-8(11)9-5-3-6-10-12(9)19-14(21)13(10)20/h1-7H,(H,19,20,21). The van der Waals surface area contributed by atoms with E-state index >= 15 is 0 Å². The van der Waals surface area contributed by atoms with Gasteiger partial charge in [-0.3, -0.25) is 9.59 Å². The number of alkyl halides is 3. The molecule has 1 aliphatic heterocycles. The Morgan fingerprint density at radius 3 is 2.23 bits per heavy atom. The van der Waals surface area contributed by atoms with Crippen LogP contribution in [0.25, 0.3) is 11.1 Å². The SMILES string of the molecule is O=C1Nc2c(cccc2-c2ccccc2OC(F)(F)F)C1=O. The lowest BCUT2D eigenvalue weighted by Crippen LogP contribution is -2.17. The van der Waals surface area contributed by atoms with E-state index in [1.807, 2.05) is 0 Å². The quantitative estimate of drug-likeness (QED) is 0.865. The Morgan fingerprint density at radius 2 is 1.50 bits per heavy atom. The van der Waals surface area contributed by atoms with Gasteiger partial charge in [0.15, 0.2) is 0 Å². The molecular formula is C15H8F3NO3. The summed E-state index contributed by atoms with van der Waals surface area (Å²) in [6.45, 7) is 0. The number of carbonyl (C=O) groups is 2. The van der Waals surface area contributed by atoms with Gasteiger partial charge in [0.05, 0.1) is 11.3 Å². The second kappa shape index (κ2) is 4.87. The molecule has 1 heterocycles. The van der Waals surface area contributed by atoms with Gasteiger partial charge in [-0.15, -0.1) is 13.2 Å². The summed E-state index contributed by atoms with van der Waals surface area (Å²) in [5.41, 5.74) is 0.739. The fraction of sp³-hybridized carbons (Fsp3) is 0.0667. The van der Waals surface area contributed by atoms with Crippen LogP contribution in [0.15, 0.2) is 42.5 Å². The smallest absolute Gasteiger partial charge is 0.405 e. The number of para-hydroxylation sites is 2. The van der Waals surface area contributed by atoms with Crippen molar-refractivity contribution < 1.29 is 27.5 Å². The van der Waals surface area contributed by atoms with E-state index in [1.165, 1.54) is 42.5 Å². The van der Waals surface area contributed by atoms with Crippen molar-refractivity contribution in [2.45, 2.75) is 6.36 Å². The lowest BCUT2D eigenvalue weighted by Gasteiger charge is -2.15. The second-order valence-electron chi connectivity index (χ2n) is 4.56. The average molecular weight is 307 g/mol. The van der Waals surface area contributed by atoms with Crippen LogP contribution in [-0.4, -0.2) is 18.1 Å². The third kappa shape index (κ3) is 2.41. The van der Waals surface area contributed by atoms with Gasteiger partial charge in [0.1, 0.15) is 5.75 Å². The highest BCUT2D eigenvalue weighted by Crippen LogP contribution is 2.40. The first-order chi connectivity index (χ1) is 10.4. The van der Waals surface area contributed by atoms with Crippen LogP contribution in [0, 0.1) is 0 Å². The van der Waals surface area contributed by atoms with E-state index in [0.29, 0.717) is 0 Å². The summed E-state index contributed by atoms with van der Waals surface area (Å²) in [5.74, 6) is -1.93. The maximum Gasteiger partial charge on any atom is 0.573 e. The predicted molar refractivity (Wildman–Crippen MR) is 71.5 cm³/mol. The molecule has 1 N–H and O–H groups in total. The minimum absolute atomic E-state index is 0.129. The first-order valence-electron chi connectivity index (χ1n) is 6.20. The zero-order valence-corrected chi connectivity index (χ0v) is 10.9. The fourth-order valence-electron chi connectivity index (χ4n) is 2.30. The molecule has 1 aliphatic rings. The van der Waals surface area contributed by atoms with Crippen molar-refractivity contribution in [1.29, 1.82) is 0 Å². The minimum Gasteiger partial charge on any atom is -0.405 e. The molecule has 0 spiro atoms. The Kier molecular flexibility index (Phi) is 3.13. The Bertz CT molecular complexity index is 784. The normalized spacial score (nSPS) is 13.8. The average Bonchev–Trinajstić information content (AvgIpc) is 2.74. The summed E-state index contributed by atoms with van der Waals surface area (Å²) >= 11 is 0. The Labute approximate surface area is 122 Å². The second-order valence-corrected chi connectivity index (χ2v) is 4.56. The van der Waals surface area contributed by atoms with Gasteiger partial charge in [-0.2, -0.15) is 0 Å². The van der Waals surface area contributed by atoms with E-state index in [0.717, 1.165) is 0 Å². The lowest BCUT2D eigenvalue weighted by atomic mass is 9.99. The van der Waals surface area contributed by atoms with E-state index in [-0.39, 0.29) is 22.4 Å². The van der Waals surface area contributed by atoms with E-state index in [9.17, 15) is 22.8 Å². The number of benzene rings is 2. The molecule has 112 valence electrons. The first-order valence-corrected chi connectivity index (χ1v) is 6.20. The fourth-order valence-corrected chi connectivity index (χ4v) is 2.30. The highest BCUT2D eigenvalue weighted by Gasteiger charge is 2.34. The summed E-state index contributed by atoms with van der Waals surface area (Å²) in [5, 5.41) is 2.38. The van der Waals surface area contributed by atoms with E-state index in [1.54, 1.807) is 0 Å². The molecule has 0 unspecified atom stereocenters. The third-order valence-electron chi connectivity index (χ3n) is 3.16. The van der Waals surface area contributed by atoms with Crippen LogP contribution in [0.2, 0.25) is 0 Å². The first kappa shape index (κ1) is 14.1. The minimum atomic E-state index is -4.84. The predicted octanol–water partition coefficient (Wildman–Crippen LogP) is 3.39. The molecule has 0 aliphatic carbocycles. The number of Topliss-reactive ketones (excluding diaryl/α,β-unsaturated/α-hetero) is 1. The molecule has 22 heavy (non-hydrogen) atoms. The Balaban J connectivity index is 2.15. The number of amides is 1. The van der Waals surface area contributed by atoms with Gasteiger partial charge >= 0.3 is 6.36 Å². The van der Waals surface area contributed by atoms with Crippen LogP contribution in [0.1, 0.15) is 10.4 Å². The van der Waals surface area contributed by atoms with Gasteiger partial charge in [-0.1, -0.05) is 30.3 Å². The molecule has 0 aromatic heterocycles. The van der Waals surface area contributed by atoms with Crippen molar-refractivity contribution in [1.82, 2.24) is 0 Å². The van der Waals surface area contributed by atoms with E-state index in [4.69, 9.17) is 0 Å². The molecule has 3 rings (SSSR count). The summed E-state index contributed by atoms with van der Waals surface area (Å²) in [6, 6.07) is 9.97. The number of rotatable bonds is 2. The summed E-state index contributed by atoms with van der Waals surface area (Å²) < 4.78 is 41.5. The maximum absolute atomic E-state index is 12.5. The number of halogens is 3.